The van der Waals surface area contributed by atoms with E-state index in [9.17, 15) is 9.59 Å². The topological polar surface area (TPSA) is 88.4 Å². The van der Waals surface area contributed by atoms with Crippen molar-refractivity contribution >= 4 is 46.3 Å². The van der Waals surface area contributed by atoms with E-state index in [4.69, 9.17) is 19.6 Å². The van der Waals surface area contributed by atoms with Gasteiger partial charge in [-0.15, -0.1) is 0 Å². The fraction of sp³-hybridized carbons (Fsp3) is 0.207. The zero-order chi connectivity index (χ0) is 26.4. The number of methoxy groups -OCH3 is 1. The third kappa shape index (κ3) is 5.86. The normalized spacial score (nSPS) is 15.4. The lowest BCUT2D eigenvalue weighted by Crippen LogP contribution is -2.29. The minimum Gasteiger partial charge on any atom is -0.493 e. The Labute approximate surface area is 220 Å². The maximum Gasteiger partial charge on any atom is 0.341 e. The van der Waals surface area contributed by atoms with Crippen molar-refractivity contribution in [3.05, 3.63) is 88.3 Å². The average molecular weight is 517 g/mol. The lowest BCUT2D eigenvalue weighted by atomic mass is 10.1. The highest BCUT2D eigenvalue weighted by molar-refractivity contribution is 8.19. The third-order valence-corrected chi connectivity index (χ3v) is 6.81. The van der Waals surface area contributed by atoms with E-state index in [1.165, 1.54) is 18.9 Å². The molecule has 1 saturated heterocycles. The predicted molar refractivity (Wildman–Crippen MR) is 148 cm³/mol. The van der Waals surface area contributed by atoms with Crippen molar-refractivity contribution in [3.8, 4) is 11.5 Å². The molecule has 4 rings (SSSR count). The highest BCUT2D eigenvalue weighted by atomic mass is 32.2. The molecular weight excluding hydrogens is 488 g/mol. The van der Waals surface area contributed by atoms with Crippen LogP contribution in [0.3, 0.4) is 0 Å². The molecule has 3 aromatic rings. The quantitative estimate of drug-likeness (QED) is 0.346. The summed E-state index contributed by atoms with van der Waals surface area (Å²) in [6.45, 7) is 3.67. The van der Waals surface area contributed by atoms with Gasteiger partial charge in [-0.1, -0.05) is 56.3 Å². The molecule has 1 heterocycles. The molecule has 1 N–H and O–H groups in total. The molecule has 1 fully saturated rings. The van der Waals surface area contributed by atoms with E-state index in [1.807, 2.05) is 48.5 Å². The first kappa shape index (κ1) is 26.0. The largest absolute Gasteiger partial charge is 0.493 e. The maximum absolute atomic E-state index is 13.8. The molecule has 0 aliphatic carbocycles. The Morgan fingerprint density at radius 3 is 2.41 bits per heavy atom. The number of amidine groups is 1. The van der Waals surface area contributed by atoms with E-state index < -0.39 is 12.6 Å². The number of carboxylic acid groups (broad SMARTS) is 1. The van der Waals surface area contributed by atoms with E-state index in [-0.39, 0.29) is 5.91 Å². The zero-order valence-electron chi connectivity index (χ0n) is 20.9. The van der Waals surface area contributed by atoms with E-state index in [1.54, 1.807) is 29.2 Å². The van der Waals surface area contributed by atoms with Gasteiger partial charge in [0.05, 0.1) is 23.4 Å². The Balaban J connectivity index is 1.76. The van der Waals surface area contributed by atoms with Crippen LogP contribution < -0.4 is 14.4 Å². The van der Waals surface area contributed by atoms with Crippen molar-refractivity contribution in [1.29, 1.82) is 0 Å². The summed E-state index contributed by atoms with van der Waals surface area (Å²) in [5, 5.41) is 9.49. The minimum atomic E-state index is -1.08. The van der Waals surface area contributed by atoms with E-state index in [0.717, 1.165) is 35.3 Å². The van der Waals surface area contributed by atoms with Crippen molar-refractivity contribution in [1.82, 2.24) is 0 Å². The molecule has 1 aliphatic heterocycles. The number of nitrogens with zero attached hydrogens (tertiary/aromatic N) is 2. The first-order chi connectivity index (χ1) is 17.9. The second-order valence-corrected chi connectivity index (χ2v) is 9.21. The standard InChI is InChI=1S/C29H28N2O5S/c1-4-20-10-6-8-12-22(20)30-29-31(23-13-9-7-11-21(23)5-2)28(34)26(37-29)17-19-14-15-24(25(16-19)35-3)36-18-27(32)33/h6-17H,4-5,18H2,1-3H3,(H,32,33)/b26-17-,30-29?. The Bertz CT molecular complexity index is 1380. The van der Waals surface area contributed by atoms with Crippen LogP contribution in [0.1, 0.15) is 30.5 Å². The number of benzene rings is 3. The van der Waals surface area contributed by atoms with Gasteiger partial charge in [-0.2, -0.15) is 0 Å². The maximum atomic E-state index is 13.8. The molecule has 0 atom stereocenters. The van der Waals surface area contributed by atoms with Gasteiger partial charge in [-0.05, 0) is 71.6 Å². The van der Waals surface area contributed by atoms with Gasteiger partial charge in [0.15, 0.2) is 23.3 Å². The summed E-state index contributed by atoms with van der Waals surface area (Å²) < 4.78 is 10.7. The average Bonchev–Trinajstić information content (AvgIpc) is 3.21. The Kier molecular flexibility index (Phi) is 8.30. The van der Waals surface area contributed by atoms with Gasteiger partial charge in [0.25, 0.3) is 5.91 Å². The number of carbonyl (C=O) groups excluding carboxylic acids is 1. The van der Waals surface area contributed by atoms with Gasteiger partial charge in [0.2, 0.25) is 0 Å². The van der Waals surface area contributed by atoms with Crippen molar-refractivity contribution in [2.45, 2.75) is 26.7 Å². The van der Waals surface area contributed by atoms with Gasteiger partial charge in [-0.25, -0.2) is 9.79 Å². The summed E-state index contributed by atoms with van der Waals surface area (Å²) in [5.41, 5.74) is 4.52. The molecule has 8 heteroatoms. The number of anilines is 1. The van der Waals surface area contributed by atoms with Crippen LogP contribution in [0.2, 0.25) is 0 Å². The number of ether oxygens (including phenoxy) is 2. The fourth-order valence-electron chi connectivity index (χ4n) is 4.00. The van der Waals surface area contributed by atoms with E-state index in [2.05, 4.69) is 13.8 Å². The number of aliphatic carboxylic acids is 1. The van der Waals surface area contributed by atoms with Crippen LogP contribution in [-0.4, -0.2) is 35.9 Å². The van der Waals surface area contributed by atoms with Crippen LogP contribution in [0.15, 0.2) is 76.6 Å². The number of hydrogen-bond donors (Lipinski definition) is 1. The first-order valence-electron chi connectivity index (χ1n) is 12.0. The molecule has 1 amide bonds. The predicted octanol–water partition coefficient (Wildman–Crippen LogP) is 6.09. The number of aliphatic imine (C=N–C) groups is 1. The Morgan fingerprint density at radius 2 is 1.70 bits per heavy atom. The number of carbonyl (C=O) groups is 2. The molecule has 0 bridgehead atoms. The zero-order valence-corrected chi connectivity index (χ0v) is 21.7. The molecule has 0 aromatic heterocycles. The van der Waals surface area contributed by atoms with Crippen LogP contribution in [0.4, 0.5) is 11.4 Å². The fourth-order valence-corrected chi connectivity index (χ4v) is 4.98. The molecule has 0 unspecified atom stereocenters. The monoisotopic (exact) mass is 516 g/mol. The van der Waals surface area contributed by atoms with E-state index >= 15 is 0 Å². The molecule has 0 saturated carbocycles. The molecule has 37 heavy (non-hydrogen) atoms. The second kappa shape index (κ2) is 11.8. The molecule has 190 valence electrons. The summed E-state index contributed by atoms with van der Waals surface area (Å²) in [4.78, 5) is 31.8. The highest BCUT2D eigenvalue weighted by Crippen LogP contribution is 2.40. The summed E-state index contributed by atoms with van der Waals surface area (Å²) in [5.74, 6) is -0.548. The number of aryl methyl sites for hydroxylation is 2. The lowest BCUT2D eigenvalue weighted by Gasteiger charge is -2.19. The molecule has 0 radical (unpaired) electrons. The molecular formula is C29H28N2O5S. The van der Waals surface area contributed by atoms with Crippen LogP contribution in [-0.2, 0) is 22.4 Å². The van der Waals surface area contributed by atoms with Crippen molar-refractivity contribution in [2.75, 3.05) is 18.6 Å². The summed E-state index contributed by atoms with van der Waals surface area (Å²) in [6, 6.07) is 20.9. The molecule has 0 spiro atoms. The smallest absolute Gasteiger partial charge is 0.341 e. The van der Waals surface area contributed by atoms with Gasteiger partial charge < -0.3 is 14.6 Å². The van der Waals surface area contributed by atoms with Crippen molar-refractivity contribution in [3.63, 3.8) is 0 Å². The van der Waals surface area contributed by atoms with Gasteiger partial charge >= 0.3 is 5.97 Å². The van der Waals surface area contributed by atoms with Crippen LogP contribution >= 0.6 is 11.8 Å². The van der Waals surface area contributed by atoms with Crippen LogP contribution in [0.5, 0.6) is 11.5 Å². The van der Waals surface area contributed by atoms with E-state index in [0.29, 0.717) is 27.1 Å². The third-order valence-electron chi connectivity index (χ3n) is 5.85. The molecule has 7 nitrogen and oxygen atoms in total. The Morgan fingerprint density at radius 1 is 1.00 bits per heavy atom. The number of carboxylic acids is 1. The van der Waals surface area contributed by atoms with Gasteiger partial charge in [0.1, 0.15) is 0 Å². The second-order valence-electron chi connectivity index (χ2n) is 8.20. The SMILES string of the molecule is CCc1ccccc1N=C1S/C(=C\c2ccc(OCC(=O)O)c(OC)c2)C(=O)N1c1ccccc1CC. The lowest BCUT2D eigenvalue weighted by molar-refractivity contribution is -0.139. The number of thioether (sulfide) groups is 1. The van der Waals surface area contributed by atoms with Crippen LogP contribution in [0.25, 0.3) is 6.08 Å². The van der Waals surface area contributed by atoms with Gasteiger partial charge in [-0.3, -0.25) is 9.69 Å². The first-order valence-corrected chi connectivity index (χ1v) is 12.8. The van der Waals surface area contributed by atoms with Gasteiger partial charge in [0, 0.05) is 0 Å². The molecule has 3 aromatic carbocycles. The minimum absolute atomic E-state index is 0.163. The summed E-state index contributed by atoms with van der Waals surface area (Å²) in [6.07, 6.45) is 3.39. The number of para-hydroxylation sites is 2. The molecule has 1 aliphatic rings. The number of hydrogen-bond acceptors (Lipinski definition) is 6. The van der Waals surface area contributed by atoms with Crippen molar-refractivity contribution < 1.29 is 24.2 Å². The highest BCUT2D eigenvalue weighted by Gasteiger charge is 2.35. The number of amides is 1. The summed E-state index contributed by atoms with van der Waals surface area (Å²) in [7, 11) is 1.48. The van der Waals surface area contributed by atoms with Crippen LogP contribution in [0, 0.1) is 0 Å². The summed E-state index contributed by atoms with van der Waals surface area (Å²) >= 11 is 1.32. The van der Waals surface area contributed by atoms with Crippen molar-refractivity contribution in [2.24, 2.45) is 4.99 Å². The number of rotatable bonds is 9. The Hall–Kier alpha value is -4.04.